The minimum atomic E-state index is -0.0245. The Labute approximate surface area is 112 Å². The van der Waals surface area contributed by atoms with Crippen LogP contribution in [0.4, 0.5) is 0 Å². The van der Waals surface area contributed by atoms with Crippen LogP contribution in [0.25, 0.3) is 0 Å². The average Bonchev–Trinajstić information content (AvgIpc) is 2.82. The van der Waals surface area contributed by atoms with Crippen LogP contribution in [0.5, 0.6) is 0 Å². The van der Waals surface area contributed by atoms with Gasteiger partial charge >= 0.3 is 0 Å². The normalized spacial score (nSPS) is 44.8. The van der Waals surface area contributed by atoms with E-state index in [0.717, 1.165) is 30.8 Å². The summed E-state index contributed by atoms with van der Waals surface area (Å²) in [4.78, 5) is 0. The second-order valence-electron chi connectivity index (χ2n) is 6.98. The molecule has 3 aliphatic rings. The molecule has 2 N–H and O–H groups in total. The number of aliphatic hydroxyl groups excluding tert-OH is 1. The molecule has 2 nitrogen and oxygen atoms in total. The van der Waals surface area contributed by atoms with Gasteiger partial charge in [-0.2, -0.15) is 0 Å². The molecule has 5 atom stereocenters. The molecule has 5 unspecified atom stereocenters. The van der Waals surface area contributed by atoms with Gasteiger partial charge in [-0.3, -0.25) is 0 Å². The Kier molecular flexibility index (Phi) is 4.25. The third kappa shape index (κ3) is 2.91. The fraction of sp³-hybridized carbons (Fsp3) is 1.00. The van der Waals surface area contributed by atoms with E-state index in [1.54, 1.807) is 0 Å². The molecular weight excluding hydrogens is 222 g/mol. The number of nitrogens with one attached hydrogen (secondary N) is 1. The summed E-state index contributed by atoms with van der Waals surface area (Å²) in [6.45, 7) is 1.06. The molecule has 0 amide bonds. The van der Waals surface area contributed by atoms with E-state index >= 15 is 0 Å². The largest absolute Gasteiger partial charge is 0.393 e. The highest BCUT2D eigenvalue weighted by Crippen LogP contribution is 2.40. The van der Waals surface area contributed by atoms with E-state index in [4.69, 9.17) is 0 Å². The van der Waals surface area contributed by atoms with E-state index in [0.29, 0.717) is 5.92 Å². The molecule has 3 fully saturated rings. The van der Waals surface area contributed by atoms with Gasteiger partial charge in [0.25, 0.3) is 0 Å². The maximum atomic E-state index is 9.87. The molecule has 0 aliphatic heterocycles. The van der Waals surface area contributed by atoms with Gasteiger partial charge < -0.3 is 10.4 Å². The van der Waals surface area contributed by atoms with Crippen molar-refractivity contribution in [2.45, 2.75) is 76.4 Å². The zero-order chi connectivity index (χ0) is 12.4. The Hall–Kier alpha value is -0.0800. The lowest BCUT2D eigenvalue weighted by atomic mass is 9.69. The number of rotatable bonds is 3. The SMILES string of the molecule is OC1CCCC1CNC1CCC2CCCCC2C1. The van der Waals surface area contributed by atoms with Crippen LogP contribution in [-0.4, -0.2) is 23.8 Å². The first-order valence-electron chi connectivity index (χ1n) is 8.24. The first kappa shape index (κ1) is 12.9. The van der Waals surface area contributed by atoms with Gasteiger partial charge in [0, 0.05) is 12.6 Å². The molecule has 104 valence electrons. The molecule has 0 radical (unpaired) electrons. The molecule has 3 saturated carbocycles. The van der Waals surface area contributed by atoms with E-state index in [1.165, 1.54) is 57.8 Å². The van der Waals surface area contributed by atoms with Crippen molar-refractivity contribution in [1.29, 1.82) is 0 Å². The summed E-state index contributed by atoms with van der Waals surface area (Å²) >= 11 is 0. The molecule has 0 spiro atoms. The summed E-state index contributed by atoms with van der Waals surface area (Å²) in [7, 11) is 0. The molecule has 2 heteroatoms. The monoisotopic (exact) mass is 251 g/mol. The van der Waals surface area contributed by atoms with Crippen molar-refractivity contribution >= 4 is 0 Å². The molecular formula is C16H29NO. The van der Waals surface area contributed by atoms with Gasteiger partial charge in [0.2, 0.25) is 0 Å². The van der Waals surface area contributed by atoms with Crippen LogP contribution >= 0.6 is 0 Å². The molecule has 18 heavy (non-hydrogen) atoms. The minimum absolute atomic E-state index is 0.0245. The van der Waals surface area contributed by atoms with Crippen LogP contribution in [0.3, 0.4) is 0 Å². The van der Waals surface area contributed by atoms with Gasteiger partial charge in [-0.25, -0.2) is 0 Å². The summed E-state index contributed by atoms with van der Waals surface area (Å²) in [5.74, 6) is 2.60. The van der Waals surface area contributed by atoms with Gasteiger partial charge in [0.15, 0.2) is 0 Å². The second kappa shape index (κ2) is 5.92. The highest BCUT2D eigenvalue weighted by Gasteiger charge is 2.33. The summed E-state index contributed by atoms with van der Waals surface area (Å²) in [5, 5.41) is 13.6. The average molecular weight is 251 g/mol. The van der Waals surface area contributed by atoms with E-state index in [2.05, 4.69) is 5.32 Å². The Morgan fingerprint density at radius 3 is 2.44 bits per heavy atom. The number of hydrogen-bond acceptors (Lipinski definition) is 2. The lowest BCUT2D eigenvalue weighted by Gasteiger charge is -2.40. The molecule has 0 saturated heterocycles. The Morgan fingerprint density at radius 2 is 1.67 bits per heavy atom. The van der Waals surface area contributed by atoms with Crippen molar-refractivity contribution in [3.63, 3.8) is 0 Å². The predicted octanol–water partition coefficient (Wildman–Crippen LogP) is 3.10. The van der Waals surface area contributed by atoms with Gasteiger partial charge in [-0.1, -0.05) is 32.1 Å². The van der Waals surface area contributed by atoms with Crippen LogP contribution in [-0.2, 0) is 0 Å². The third-order valence-corrected chi connectivity index (χ3v) is 5.83. The first-order chi connectivity index (χ1) is 8.83. The number of fused-ring (bicyclic) bond motifs is 1. The smallest absolute Gasteiger partial charge is 0.0580 e. The fourth-order valence-electron chi connectivity index (χ4n) is 4.63. The van der Waals surface area contributed by atoms with E-state index in [1.807, 2.05) is 0 Å². The third-order valence-electron chi connectivity index (χ3n) is 5.83. The van der Waals surface area contributed by atoms with Crippen LogP contribution < -0.4 is 5.32 Å². The van der Waals surface area contributed by atoms with Crippen LogP contribution in [0.1, 0.15) is 64.2 Å². The van der Waals surface area contributed by atoms with Crippen molar-refractivity contribution in [2.75, 3.05) is 6.54 Å². The Balaban J connectivity index is 1.43. The zero-order valence-electron chi connectivity index (χ0n) is 11.6. The quantitative estimate of drug-likeness (QED) is 0.808. The van der Waals surface area contributed by atoms with Crippen molar-refractivity contribution < 1.29 is 5.11 Å². The Morgan fingerprint density at radius 1 is 0.833 bits per heavy atom. The highest BCUT2D eigenvalue weighted by molar-refractivity contribution is 4.87. The number of hydrogen-bond donors (Lipinski definition) is 2. The summed E-state index contributed by atoms with van der Waals surface area (Å²) in [5.41, 5.74) is 0. The molecule has 3 aliphatic carbocycles. The van der Waals surface area contributed by atoms with Crippen molar-refractivity contribution in [1.82, 2.24) is 5.32 Å². The lowest BCUT2D eigenvalue weighted by molar-refractivity contribution is 0.115. The second-order valence-corrected chi connectivity index (χ2v) is 6.98. The van der Waals surface area contributed by atoms with Crippen LogP contribution in [0.15, 0.2) is 0 Å². The van der Waals surface area contributed by atoms with Crippen molar-refractivity contribution in [3.05, 3.63) is 0 Å². The van der Waals surface area contributed by atoms with Gasteiger partial charge in [-0.05, 0) is 49.9 Å². The molecule has 0 aromatic carbocycles. The standard InChI is InChI=1S/C16H29NO/c18-16-7-3-6-14(16)11-17-15-9-8-12-4-1-2-5-13(12)10-15/h12-18H,1-11H2. The summed E-state index contributed by atoms with van der Waals surface area (Å²) < 4.78 is 0. The van der Waals surface area contributed by atoms with Crippen molar-refractivity contribution in [3.8, 4) is 0 Å². The van der Waals surface area contributed by atoms with E-state index in [9.17, 15) is 5.11 Å². The maximum Gasteiger partial charge on any atom is 0.0580 e. The van der Waals surface area contributed by atoms with E-state index < -0.39 is 0 Å². The van der Waals surface area contributed by atoms with Gasteiger partial charge in [-0.15, -0.1) is 0 Å². The lowest BCUT2D eigenvalue weighted by Crippen LogP contribution is -2.41. The molecule has 3 rings (SSSR count). The minimum Gasteiger partial charge on any atom is -0.393 e. The molecule has 0 aromatic heterocycles. The predicted molar refractivity (Wildman–Crippen MR) is 74.4 cm³/mol. The number of aliphatic hydroxyl groups is 1. The Bertz CT molecular complexity index is 268. The summed E-state index contributed by atoms with van der Waals surface area (Å²) in [6, 6.07) is 0.747. The van der Waals surface area contributed by atoms with Crippen LogP contribution in [0, 0.1) is 17.8 Å². The zero-order valence-corrected chi connectivity index (χ0v) is 11.6. The molecule has 0 heterocycles. The maximum absolute atomic E-state index is 9.87. The molecule has 0 bridgehead atoms. The highest BCUT2D eigenvalue weighted by atomic mass is 16.3. The fourth-order valence-corrected chi connectivity index (χ4v) is 4.63. The van der Waals surface area contributed by atoms with Gasteiger partial charge in [0.05, 0.1) is 6.10 Å². The van der Waals surface area contributed by atoms with Gasteiger partial charge in [0.1, 0.15) is 0 Å². The summed E-state index contributed by atoms with van der Waals surface area (Å²) in [6.07, 6.45) is 13.6. The topological polar surface area (TPSA) is 32.3 Å². The van der Waals surface area contributed by atoms with E-state index in [-0.39, 0.29) is 6.10 Å². The van der Waals surface area contributed by atoms with Crippen LogP contribution in [0.2, 0.25) is 0 Å². The molecule has 0 aromatic rings. The van der Waals surface area contributed by atoms with Crippen molar-refractivity contribution in [2.24, 2.45) is 17.8 Å². The first-order valence-corrected chi connectivity index (χ1v) is 8.24.